The maximum atomic E-state index is 12.4. The van der Waals surface area contributed by atoms with Gasteiger partial charge in [0, 0.05) is 0 Å². The zero-order chi connectivity index (χ0) is 14.3. The molecule has 0 fully saturated rings. The summed E-state index contributed by atoms with van der Waals surface area (Å²) >= 11 is 0. The lowest BCUT2D eigenvalue weighted by molar-refractivity contribution is -0.144. The highest BCUT2D eigenvalue weighted by atomic mass is 19.4. The van der Waals surface area contributed by atoms with Gasteiger partial charge in [-0.25, -0.2) is 4.79 Å². The SMILES string of the molecule is O=C(O)c1c(C(F)(F)F)ccc(O)c1C(F)(F)F. The van der Waals surface area contributed by atoms with Crippen LogP contribution < -0.4 is 0 Å². The first-order valence-corrected chi connectivity index (χ1v) is 4.20. The highest BCUT2D eigenvalue weighted by Crippen LogP contribution is 2.43. The highest BCUT2D eigenvalue weighted by molar-refractivity contribution is 5.92. The lowest BCUT2D eigenvalue weighted by Gasteiger charge is -2.17. The Labute approximate surface area is 95.3 Å². The molecule has 0 aromatic heterocycles. The second-order valence-electron chi connectivity index (χ2n) is 3.18. The van der Waals surface area contributed by atoms with Crippen LogP contribution in [0.25, 0.3) is 0 Å². The molecule has 0 saturated heterocycles. The number of rotatable bonds is 1. The molecule has 0 aliphatic carbocycles. The van der Waals surface area contributed by atoms with E-state index in [0.717, 1.165) is 0 Å². The summed E-state index contributed by atoms with van der Waals surface area (Å²) in [5, 5.41) is 17.4. The number of benzene rings is 1. The van der Waals surface area contributed by atoms with Crippen molar-refractivity contribution in [3.8, 4) is 5.75 Å². The number of hydrogen-bond acceptors (Lipinski definition) is 2. The quantitative estimate of drug-likeness (QED) is 0.773. The maximum Gasteiger partial charge on any atom is 0.420 e. The van der Waals surface area contributed by atoms with Crippen LogP contribution in [0.3, 0.4) is 0 Å². The largest absolute Gasteiger partial charge is 0.507 e. The highest BCUT2D eigenvalue weighted by Gasteiger charge is 2.45. The molecule has 0 radical (unpaired) electrons. The van der Waals surface area contributed by atoms with Gasteiger partial charge in [-0.3, -0.25) is 0 Å². The number of halogens is 6. The van der Waals surface area contributed by atoms with Crippen LogP contribution in [0, 0.1) is 0 Å². The van der Waals surface area contributed by atoms with Gasteiger partial charge in [0.05, 0.1) is 11.1 Å². The number of hydrogen-bond donors (Lipinski definition) is 2. The molecule has 0 spiro atoms. The molecule has 3 nitrogen and oxygen atoms in total. The predicted molar refractivity (Wildman–Crippen MR) is 45.1 cm³/mol. The van der Waals surface area contributed by atoms with Crippen LogP contribution in [0.2, 0.25) is 0 Å². The molecule has 1 rings (SSSR count). The third kappa shape index (κ3) is 2.49. The summed E-state index contributed by atoms with van der Waals surface area (Å²) in [5.74, 6) is -4.00. The van der Waals surface area contributed by atoms with E-state index >= 15 is 0 Å². The molecule has 0 aliphatic heterocycles. The van der Waals surface area contributed by atoms with Crippen molar-refractivity contribution >= 4 is 5.97 Å². The van der Waals surface area contributed by atoms with Crippen molar-refractivity contribution in [1.82, 2.24) is 0 Å². The third-order valence-electron chi connectivity index (χ3n) is 1.99. The topological polar surface area (TPSA) is 57.5 Å². The Hall–Kier alpha value is -1.93. The summed E-state index contributed by atoms with van der Waals surface area (Å²) in [6.45, 7) is 0. The van der Waals surface area contributed by atoms with Crippen molar-refractivity contribution in [2.24, 2.45) is 0 Å². The van der Waals surface area contributed by atoms with Crippen LogP contribution in [0.15, 0.2) is 12.1 Å². The fraction of sp³-hybridized carbons (Fsp3) is 0.222. The Balaban J connectivity index is 3.76. The fourth-order valence-electron chi connectivity index (χ4n) is 1.34. The molecule has 1 aromatic rings. The smallest absolute Gasteiger partial charge is 0.420 e. The van der Waals surface area contributed by atoms with E-state index in [9.17, 15) is 31.1 Å². The van der Waals surface area contributed by atoms with E-state index in [-0.39, 0.29) is 12.1 Å². The molecule has 9 heteroatoms. The van der Waals surface area contributed by atoms with Crippen LogP contribution in [-0.2, 0) is 12.4 Å². The van der Waals surface area contributed by atoms with Crippen LogP contribution >= 0.6 is 0 Å². The molecule has 18 heavy (non-hydrogen) atoms. The van der Waals surface area contributed by atoms with Gasteiger partial charge in [0.2, 0.25) is 0 Å². The molecule has 0 bridgehead atoms. The number of aromatic carboxylic acids is 1. The minimum absolute atomic E-state index is 0.0774. The molecule has 100 valence electrons. The molecule has 0 atom stereocenters. The van der Waals surface area contributed by atoms with Crippen molar-refractivity contribution in [3.05, 3.63) is 28.8 Å². The fourth-order valence-corrected chi connectivity index (χ4v) is 1.34. The molecule has 0 saturated carbocycles. The van der Waals surface area contributed by atoms with Crippen molar-refractivity contribution < 1.29 is 41.4 Å². The van der Waals surface area contributed by atoms with Crippen molar-refractivity contribution in [3.63, 3.8) is 0 Å². The standard InChI is InChI=1S/C9H4F6O3/c10-8(11,12)3-1-2-4(16)6(9(13,14)15)5(3)7(17)18/h1-2,16H,(H,17,18). The molecular formula is C9H4F6O3. The van der Waals surface area contributed by atoms with E-state index in [1.165, 1.54) is 0 Å². The van der Waals surface area contributed by atoms with E-state index in [0.29, 0.717) is 0 Å². The minimum Gasteiger partial charge on any atom is -0.507 e. The Morgan fingerprint density at radius 3 is 1.83 bits per heavy atom. The lowest BCUT2D eigenvalue weighted by Crippen LogP contribution is -2.20. The van der Waals surface area contributed by atoms with Gasteiger partial charge in [0.25, 0.3) is 0 Å². The summed E-state index contributed by atoms with van der Waals surface area (Å²) in [4.78, 5) is 10.6. The number of carboxylic acids is 1. The number of carboxylic acid groups (broad SMARTS) is 1. The Morgan fingerprint density at radius 1 is 1.00 bits per heavy atom. The van der Waals surface area contributed by atoms with Gasteiger partial charge >= 0.3 is 18.3 Å². The zero-order valence-electron chi connectivity index (χ0n) is 8.23. The van der Waals surface area contributed by atoms with E-state index in [1.54, 1.807) is 0 Å². The molecule has 0 heterocycles. The van der Waals surface area contributed by atoms with Crippen LogP contribution in [-0.4, -0.2) is 16.2 Å². The third-order valence-corrected chi connectivity index (χ3v) is 1.99. The van der Waals surface area contributed by atoms with Crippen LogP contribution in [0.4, 0.5) is 26.3 Å². The van der Waals surface area contributed by atoms with Gasteiger partial charge in [0.1, 0.15) is 11.3 Å². The van der Waals surface area contributed by atoms with Gasteiger partial charge < -0.3 is 10.2 Å². The van der Waals surface area contributed by atoms with Gasteiger partial charge in [-0.15, -0.1) is 0 Å². The summed E-state index contributed by atoms with van der Waals surface area (Å²) in [7, 11) is 0. The number of phenolic OH excluding ortho intramolecular Hbond substituents is 1. The monoisotopic (exact) mass is 274 g/mol. The molecule has 0 aliphatic rings. The average Bonchev–Trinajstić information content (AvgIpc) is 2.12. The summed E-state index contributed by atoms with van der Waals surface area (Å²) in [5.41, 5.74) is -6.21. The van der Waals surface area contributed by atoms with Gasteiger partial charge in [0.15, 0.2) is 0 Å². The van der Waals surface area contributed by atoms with Gasteiger partial charge in [-0.2, -0.15) is 26.3 Å². The Morgan fingerprint density at radius 2 is 1.50 bits per heavy atom. The van der Waals surface area contributed by atoms with E-state index < -0.39 is 40.8 Å². The first kappa shape index (κ1) is 14.1. The van der Waals surface area contributed by atoms with Crippen LogP contribution in [0.5, 0.6) is 5.75 Å². The van der Waals surface area contributed by atoms with Crippen molar-refractivity contribution in [2.45, 2.75) is 12.4 Å². The first-order chi connectivity index (χ1) is 7.96. The predicted octanol–water partition coefficient (Wildman–Crippen LogP) is 3.13. The van der Waals surface area contributed by atoms with Crippen LogP contribution in [0.1, 0.15) is 21.5 Å². The first-order valence-electron chi connectivity index (χ1n) is 4.20. The second kappa shape index (κ2) is 4.07. The number of alkyl halides is 6. The average molecular weight is 274 g/mol. The minimum atomic E-state index is -5.42. The molecule has 0 unspecified atom stereocenters. The van der Waals surface area contributed by atoms with E-state index in [1.807, 2.05) is 0 Å². The Kier molecular flexibility index (Phi) is 3.20. The number of aromatic hydroxyl groups is 1. The number of carbonyl (C=O) groups is 1. The molecular weight excluding hydrogens is 270 g/mol. The van der Waals surface area contributed by atoms with Crippen molar-refractivity contribution in [2.75, 3.05) is 0 Å². The van der Waals surface area contributed by atoms with Crippen molar-refractivity contribution in [1.29, 1.82) is 0 Å². The molecule has 2 N–H and O–H groups in total. The molecule has 0 amide bonds. The zero-order valence-corrected chi connectivity index (χ0v) is 8.23. The number of phenols is 1. The Bertz CT molecular complexity index is 488. The molecule has 1 aromatic carbocycles. The summed E-state index contributed by atoms with van der Waals surface area (Å²) in [6.07, 6.45) is -10.7. The normalized spacial score (nSPS) is 12.6. The van der Waals surface area contributed by atoms with E-state index in [4.69, 9.17) is 10.2 Å². The van der Waals surface area contributed by atoms with E-state index in [2.05, 4.69) is 0 Å². The second-order valence-corrected chi connectivity index (χ2v) is 3.18. The van der Waals surface area contributed by atoms with Gasteiger partial charge in [-0.05, 0) is 12.1 Å². The maximum absolute atomic E-state index is 12.4. The summed E-state index contributed by atoms with van der Waals surface area (Å²) in [6, 6.07) is 0.228. The summed E-state index contributed by atoms with van der Waals surface area (Å²) < 4.78 is 74.5. The van der Waals surface area contributed by atoms with Gasteiger partial charge in [-0.1, -0.05) is 0 Å². The lowest BCUT2D eigenvalue weighted by atomic mass is 9.99.